The second kappa shape index (κ2) is 10.8. The third-order valence-corrected chi connectivity index (χ3v) is 5.44. The zero-order valence-electron chi connectivity index (χ0n) is 17.1. The van der Waals surface area contributed by atoms with Gasteiger partial charge in [0, 0.05) is 37.5 Å². The second-order valence-electron chi connectivity index (χ2n) is 7.42. The Morgan fingerprint density at radius 2 is 2.03 bits per heavy atom. The minimum Gasteiger partial charge on any atom is -0.452 e. The Balaban J connectivity index is 2.00. The molecule has 9 nitrogen and oxygen atoms in total. The first-order valence-corrected chi connectivity index (χ1v) is 9.81. The van der Waals surface area contributed by atoms with Crippen molar-refractivity contribution in [1.29, 1.82) is 0 Å². The van der Waals surface area contributed by atoms with Gasteiger partial charge in [-0.3, -0.25) is 14.9 Å². The van der Waals surface area contributed by atoms with Gasteiger partial charge in [0.25, 0.3) is 11.6 Å². The summed E-state index contributed by atoms with van der Waals surface area (Å²) in [5.41, 5.74) is 0.152. The van der Waals surface area contributed by atoms with Gasteiger partial charge in [0.1, 0.15) is 0 Å². The fraction of sp³-hybridized carbons (Fsp3) is 0.600. The highest BCUT2D eigenvalue weighted by Gasteiger charge is 2.28. The predicted molar refractivity (Wildman–Crippen MR) is 108 cm³/mol. The molecule has 0 aromatic heterocycles. The van der Waals surface area contributed by atoms with Crippen molar-refractivity contribution in [2.24, 2.45) is 11.8 Å². The van der Waals surface area contributed by atoms with Crippen molar-refractivity contribution in [3.8, 4) is 0 Å². The Morgan fingerprint density at radius 3 is 2.72 bits per heavy atom. The largest absolute Gasteiger partial charge is 0.452 e. The molecule has 3 atom stereocenters. The normalized spacial score (nSPS) is 21.3. The van der Waals surface area contributed by atoms with Gasteiger partial charge in [-0.15, -0.1) is 0 Å². The SMILES string of the molecule is COCCNc1ccc([N+](=O)[O-])cc1C(=O)OCC(=O)N[C@@H]1CCC[C@@H](C)[C@H]1C. The number of ether oxygens (including phenoxy) is 2. The molecule has 2 rings (SSSR count). The van der Waals surface area contributed by atoms with Crippen LogP contribution in [-0.4, -0.2) is 49.7 Å². The molecular formula is C20H29N3O6. The van der Waals surface area contributed by atoms with Gasteiger partial charge in [-0.2, -0.15) is 0 Å². The number of hydrogen-bond acceptors (Lipinski definition) is 7. The van der Waals surface area contributed by atoms with E-state index in [9.17, 15) is 19.7 Å². The minimum absolute atomic E-state index is 0.00256. The van der Waals surface area contributed by atoms with E-state index >= 15 is 0 Å². The van der Waals surface area contributed by atoms with Crippen molar-refractivity contribution in [2.75, 3.05) is 32.2 Å². The number of methoxy groups -OCH3 is 1. The summed E-state index contributed by atoms with van der Waals surface area (Å²) >= 11 is 0. The molecule has 1 aliphatic carbocycles. The molecule has 0 saturated heterocycles. The number of esters is 1. The number of nitrogens with one attached hydrogen (secondary N) is 2. The smallest absolute Gasteiger partial charge is 0.341 e. The lowest BCUT2D eigenvalue weighted by molar-refractivity contribution is -0.384. The van der Waals surface area contributed by atoms with Crippen molar-refractivity contribution < 1.29 is 24.0 Å². The number of nitro groups is 1. The Kier molecular flexibility index (Phi) is 8.38. The Hall–Kier alpha value is -2.68. The molecule has 0 spiro atoms. The van der Waals surface area contributed by atoms with Gasteiger partial charge >= 0.3 is 5.97 Å². The van der Waals surface area contributed by atoms with Crippen molar-refractivity contribution in [3.63, 3.8) is 0 Å². The summed E-state index contributed by atoms with van der Waals surface area (Å²) < 4.78 is 10.1. The summed E-state index contributed by atoms with van der Waals surface area (Å²) in [6.45, 7) is 4.65. The molecule has 160 valence electrons. The van der Waals surface area contributed by atoms with E-state index in [0.29, 0.717) is 30.7 Å². The van der Waals surface area contributed by atoms with E-state index in [4.69, 9.17) is 9.47 Å². The van der Waals surface area contributed by atoms with Crippen LogP contribution in [0.1, 0.15) is 43.5 Å². The van der Waals surface area contributed by atoms with E-state index in [1.54, 1.807) is 7.11 Å². The number of hydrogen-bond donors (Lipinski definition) is 2. The maximum atomic E-state index is 12.5. The molecule has 1 amide bonds. The number of nitro benzene ring substituents is 1. The molecule has 1 aromatic carbocycles. The topological polar surface area (TPSA) is 120 Å². The van der Waals surface area contributed by atoms with Crippen LogP contribution in [-0.2, 0) is 14.3 Å². The lowest BCUT2D eigenvalue weighted by atomic mass is 9.78. The number of carbonyl (C=O) groups is 2. The van der Waals surface area contributed by atoms with Gasteiger partial charge in [-0.25, -0.2) is 4.79 Å². The molecule has 1 fully saturated rings. The number of amides is 1. The van der Waals surface area contributed by atoms with Crippen LogP contribution in [0.5, 0.6) is 0 Å². The van der Waals surface area contributed by atoms with Gasteiger partial charge in [0.15, 0.2) is 6.61 Å². The predicted octanol–water partition coefficient (Wildman–Crippen LogP) is 2.75. The van der Waals surface area contributed by atoms with Crippen LogP contribution in [0.2, 0.25) is 0 Å². The van der Waals surface area contributed by atoms with Crippen LogP contribution in [0.3, 0.4) is 0 Å². The van der Waals surface area contributed by atoms with Crippen LogP contribution in [0.15, 0.2) is 18.2 Å². The molecule has 1 saturated carbocycles. The quantitative estimate of drug-likeness (QED) is 0.279. The summed E-state index contributed by atoms with van der Waals surface area (Å²) in [5, 5.41) is 17.0. The molecule has 0 bridgehead atoms. The number of nitrogens with zero attached hydrogens (tertiary/aromatic N) is 1. The molecule has 29 heavy (non-hydrogen) atoms. The van der Waals surface area contributed by atoms with E-state index < -0.39 is 17.5 Å². The first-order chi connectivity index (χ1) is 13.8. The third-order valence-electron chi connectivity index (χ3n) is 5.44. The first-order valence-electron chi connectivity index (χ1n) is 9.81. The summed E-state index contributed by atoms with van der Waals surface area (Å²) in [5.74, 6) is -0.281. The molecule has 0 heterocycles. The van der Waals surface area contributed by atoms with Gasteiger partial charge in [-0.05, 0) is 24.3 Å². The Labute approximate surface area is 170 Å². The number of benzene rings is 1. The summed E-state index contributed by atoms with van der Waals surface area (Å²) in [7, 11) is 1.54. The molecule has 9 heteroatoms. The van der Waals surface area contributed by atoms with Gasteiger partial charge in [0.05, 0.1) is 17.1 Å². The molecule has 0 radical (unpaired) electrons. The number of non-ortho nitro benzene ring substituents is 1. The lowest BCUT2D eigenvalue weighted by Crippen LogP contribution is -2.45. The zero-order chi connectivity index (χ0) is 21.4. The second-order valence-corrected chi connectivity index (χ2v) is 7.42. The van der Waals surface area contributed by atoms with E-state index in [-0.39, 0.29) is 23.2 Å². The average molecular weight is 407 g/mol. The molecular weight excluding hydrogens is 378 g/mol. The number of anilines is 1. The maximum Gasteiger partial charge on any atom is 0.341 e. The van der Waals surface area contributed by atoms with E-state index in [2.05, 4.69) is 24.5 Å². The van der Waals surface area contributed by atoms with Crippen molar-refractivity contribution in [3.05, 3.63) is 33.9 Å². The molecule has 1 aliphatic rings. The minimum atomic E-state index is -0.797. The maximum absolute atomic E-state index is 12.5. The standard InChI is InChI=1S/C20H29N3O6/c1-13-5-4-6-17(14(13)2)22-19(24)12-29-20(25)16-11-15(23(26)27)7-8-18(16)21-9-10-28-3/h7-8,11,13-14,17,21H,4-6,9-10,12H2,1-3H3,(H,22,24)/t13-,14-,17-/m1/s1. The number of carbonyl (C=O) groups excluding carboxylic acids is 2. The fourth-order valence-corrected chi connectivity index (χ4v) is 3.50. The van der Waals surface area contributed by atoms with Crippen molar-refractivity contribution in [1.82, 2.24) is 5.32 Å². The highest BCUT2D eigenvalue weighted by atomic mass is 16.6. The number of rotatable bonds is 9. The molecule has 1 aromatic rings. The monoisotopic (exact) mass is 407 g/mol. The summed E-state index contributed by atoms with van der Waals surface area (Å²) in [6, 6.07) is 3.94. The molecule has 2 N–H and O–H groups in total. The van der Waals surface area contributed by atoms with Gasteiger partial charge < -0.3 is 20.1 Å². The van der Waals surface area contributed by atoms with E-state index in [1.807, 2.05) is 0 Å². The van der Waals surface area contributed by atoms with Gasteiger partial charge in [0.2, 0.25) is 0 Å². The summed E-state index contributed by atoms with van der Waals surface area (Å²) in [4.78, 5) is 35.2. The third kappa shape index (κ3) is 6.42. The average Bonchev–Trinajstić information content (AvgIpc) is 2.70. The highest BCUT2D eigenvalue weighted by Crippen LogP contribution is 2.29. The van der Waals surface area contributed by atoms with Crippen LogP contribution >= 0.6 is 0 Å². The molecule has 0 aliphatic heterocycles. The van der Waals surface area contributed by atoms with Crippen molar-refractivity contribution in [2.45, 2.75) is 39.2 Å². The van der Waals surface area contributed by atoms with Gasteiger partial charge in [-0.1, -0.05) is 26.7 Å². The first kappa shape index (κ1) is 22.6. The zero-order valence-corrected chi connectivity index (χ0v) is 17.1. The Morgan fingerprint density at radius 1 is 1.28 bits per heavy atom. The Bertz CT molecular complexity index is 739. The fourth-order valence-electron chi connectivity index (χ4n) is 3.50. The van der Waals surface area contributed by atoms with Crippen LogP contribution < -0.4 is 10.6 Å². The van der Waals surface area contributed by atoms with Crippen LogP contribution in [0.4, 0.5) is 11.4 Å². The van der Waals surface area contributed by atoms with E-state index in [1.165, 1.54) is 12.1 Å². The molecule has 0 unspecified atom stereocenters. The lowest BCUT2D eigenvalue weighted by Gasteiger charge is -2.34. The van der Waals surface area contributed by atoms with Crippen molar-refractivity contribution >= 4 is 23.3 Å². The van der Waals surface area contributed by atoms with E-state index in [0.717, 1.165) is 25.3 Å². The highest BCUT2D eigenvalue weighted by molar-refractivity contribution is 5.97. The van der Waals surface area contributed by atoms with Crippen LogP contribution in [0.25, 0.3) is 0 Å². The summed E-state index contributed by atoms with van der Waals surface area (Å²) in [6.07, 6.45) is 3.11. The van der Waals surface area contributed by atoms with Crippen LogP contribution in [0, 0.1) is 22.0 Å².